The zero-order valence-corrected chi connectivity index (χ0v) is 10.5. The molecule has 0 atom stereocenters. The molecule has 0 bridgehead atoms. The van der Waals surface area contributed by atoms with E-state index in [0.29, 0.717) is 6.54 Å². The molecule has 0 saturated carbocycles. The highest BCUT2D eigenvalue weighted by Gasteiger charge is 2.20. The first-order valence-electron chi connectivity index (χ1n) is 4.84. The zero-order chi connectivity index (χ0) is 12.1. The van der Waals surface area contributed by atoms with Gasteiger partial charge >= 0.3 is 0 Å². The fourth-order valence-corrected chi connectivity index (χ4v) is 1.85. The van der Waals surface area contributed by atoms with Crippen LogP contribution in [0.1, 0.15) is 27.7 Å². The minimum Gasteiger partial charge on any atom is -0.202 e. The summed E-state index contributed by atoms with van der Waals surface area (Å²) in [5.41, 5.74) is -0.688. The predicted octanol–water partition coefficient (Wildman–Crippen LogP) is 0.616. The maximum atomic E-state index is 11.4. The summed E-state index contributed by atoms with van der Waals surface area (Å²) in [5, 5.41) is 8.70. The normalized spacial score (nSPS) is 12.8. The van der Waals surface area contributed by atoms with Crippen molar-refractivity contribution in [3.8, 4) is 6.07 Å². The van der Waals surface area contributed by atoms with Gasteiger partial charge in [0, 0.05) is 13.1 Å². The number of nitrogens with zero attached hydrogens (tertiary/aromatic N) is 1. The van der Waals surface area contributed by atoms with Crippen LogP contribution in [0.4, 0.5) is 0 Å². The van der Waals surface area contributed by atoms with Gasteiger partial charge in [-0.05, 0) is 19.8 Å². The van der Waals surface area contributed by atoms with Crippen LogP contribution < -0.4 is 9.44 Å². The Bertz CT molecular complexity index is 328. The lowest BCUT2D eigenvalue weighted by Crippen LogP contribution is -2.42. The molecule has 0 aromatic heterocycles. The summed E-state index contributed by atoms with van der Waals surface area (Å²) in [5.74, 6) is 0.255. The third kappa shape index (κ3) is 7.31. The monoisotopic (exact) mass is 233 g/mol. The van der Waals surface area contributed by atoms with Crippen molar-refractivity contribution in [2.75, 3.05) is 13.1 Å². The Labute approximate surface area is 92.0 Å². The highest BCUT2D eigenvalue weighted by atomic mass is 32.2. The zero-order valence-electron chi connectivity index (χ0n) is 9.66. The summed E-state index contributed by atoms with van der Waals surface area (Å²) in [6, 6.07) is 2.02. The maximum Gasteiger partial charge on any atom is 0.276 e. The van der Waals surface area contributed by atoms with E-state index in [1.54, 1.807) is 13.8 Å². The molecule has 0 saturated heterocycles. The molecule has 5 nitrogen and oxygen atoms in total. The van der Waals surface area contributed by atoms with E-state index in [0.717, 1.165) is 0 Å². The number of nitrogens with one attached hydrogen (secondary N) is 2. The Morgan fingerprint density at radius 2 is 1.87 bits per heavy atom. The molecular formula is C9H19N3O2S. The van der Waals surface area contributed by atoms with Gasteiger partial charge in [-0.3, -0.25) is 0 Å². The topological polar surface area (TPSA) is 82.0 Å². The molecule has 88 valence electrons. The van der Waals surface area contributed by atoms with Crippen molar-refractivity contribution in [2.24, 2.45) is 11.3 Å². The SMILES string of the molecule is CC(C)CNS(=O)(=O)NCC(C)(C)C#N. The van der Waals surface area contributed by atoms with Crippen LogP contribution in [0.5, 0.6) is 0 Å². The second-order valence-electron chi connectivity index (χ2n) is 4.56. The van der Waals surface area contributed by atoms with E-state index >= 15 is 0 Å². The summed E-state index contributed by atoms with van der Waals surface area (Å²) in [6.07, 6.45) is 0. The molecule has 0 aliphatic carbocycles. The van der Waals surface area contributed by atoms with Crippen molar-refractivity contribution >= 4 is 10.2 Å². The minimum atomic E-state index is -3.47. The van der Waals surface area contributed by atoms with E-state index in [1.807, 2.05) is 19.9 Å². The Balaban J connectivity index is 4.13. The third-order valence-electron chi connectivity index (χ3n) is 1.69. The molecule has 0 aliphatic rings. The second-order valence-corrected chi connectivity index (χ2v) is 6.15. The molecule has 0 amide bonds. The molecule has 0 aromatic rings. The standard InChI is InChI=1S/C9H19N3O2S/c1-8(2)5-11-15(13,14)12-7-9(3,4)6-10/h8,11-12H,5,7H2,1-4H3. The molecule has 0 fully saturated rings. The fourth-order valence-electron chi connectivity index (χ4n) is 0.642. The van der Waals surface area contributed by atoms with Gasteiger partial charge in [0.05, 0.1) is 11.5 Å². The first kappa shape index (κ1) is 14.4. The number of rotatable bonds is 6. The fraction of sp³-hybridized carbons (Fsp3) is 0.889. The summed E-state index contributed by atoms with van der Waals surface area (Å²) >= 11 is 0. The third-order valence-corrected chi connectivity index (χ3v) is 2.76. The van der Waals surface area contributed by atoms with Crippen LogP contribution in [-0.4, -0.2) is 21.5 Å². The predicted molar refractivity (Wildman–Crippen MR) is 59.2 cm³/mol. The van der Waals surface area contributed by atoms with Crippen molar-refractivity contribution in [3.05, 3.63) is 0 Å². The molecule has 6 heteroatoms. The maximum absolute atomic E-state index is 11.4. The molecule has 2 N–H and O–H groups in total. The minimum absolute atomic E-state index is 0.108. The number of nitriles is 1. The van der Waals surface area contributed by atoms with Crippen LogP contribution >= 0.6 is 0 Å². The molecular weight excluding hydrogens is 214 g/mol. The lowest BCUT2D eigenvalue weighted by atomic mass is 9.97. The average Bonchev–Trinajstić information content (AvgIpc) is 2.13. The summed E-state index contributed by atoms with van der Waals surface area (Å²) in [4.78, 5) is 0. The number of hydrogen-bond acceptors (Lipinski definition) is 3. The number of hydrogen-bond donors (Lipinski definition) is 2. The molecule has 0 spiro atoms. The van der Waals surface area contributed by atoms with Gasteiger partial charge in [0.1, 0.15) is 0 Å². The Morgan fingerprint density at radius 3 is 2.27 bits per heavy atom. The van der Waals surface area contributed by atoms with Gasteiger partial charge in [0.25, 0.3) is 10.2 Å². The lowest BCUT2D eigenvalue weighted by molar-refractivity contribution is 0.472. The van der Waals surface area contributed by atoms with Crippen LogP contribution in [0.2, 0.25) is 0 Å². The first-order valence-corrected chi connectivity index (χ1v) is 6.32. The highest BCUT2D eigenvalue weighted by Crippen LogP contribution is 2.10. The highest BCUT2D eigenvalue weighted by molar-refractivity contribution is 7.87. The smallest absolute Gasteiger partial charge is 0.202 e. The Kier molecular flexibility index (Phi) is 5.21. The summed E-state index contributed by atoms with van der Waals surface area (Å²) < 4.78 is 27.5. The summed E-state index contributed by atoms with van der Waals surface area (Å²) in [6.45, 7) is 7.69. The van der Waals surface area contributed by atoms with Crippen LogP contribution in [0.3, 0.4) is 0 Å². The van der Waals surface area contributed by atoms with Crippen LogP contribution in [0.15, 0.2) is 0 Å². The van der Waals surface area contributed by atoms with E-state index < -0.39 is 15.6 Å². The average molecular weight is 233 g/mol. The molecule has 0 aliphatic heterocycles. The van der Waals surface area contributed by atoms with Crippen LogP contribution in [0, 0.1) is 22.7 Å². The molecule has 0 radical (unpaired) electrons. The van der Waals surface area contributed by atoms with E-state index in [9.17, 15) is 8.42 Å². The van der Waals surface area contributed by atoms with Crippen LogP contribution in [-0.2, 0) is 10.2 Å². The van der Waals surface area contributed by atoms with Gasteiger partial charge in [-0.1, -0.05) is 13.8 Å². The summed E-state index contributed by atoms with van der Waals surface area (Å²) in [7, 11) is -3.47. The second kappa shape index (κ2) is 5.45. The van der Waals surface area contributed by atoms with Crippen molar-refractivity contribution in [2.45, 2.75) is 27.7 Å². The Morgan fingerprint density at radius 1 is 1.33 bits per heavy atom. The molecule has 15 heavy (non-hydrogen) atoms. The van der Waals surface area contributed by atoms with Gasteiger partial charge in [0.15, 0.2) is 0 Å². The van der Waals surface area contributed by atoms with Crippen molar-refractivity contribution in [3.63, 3.8) is 0 Å². The van der Waals surface area contributed by atoms with Gasteiger partial charge in [-0.25, -0.2) is 9.44 Å². The van der Waals surface area contributed by atoms with E-state index in [2.05, 4.69) is 9.44 Å². The van der Waals surface area contributed by atoms with Crippen LogP contribution in [0.25, 0.3) is 0 Å². The molecule has 0 rings (SSSR count). The van der Waals surface area contributed by atoms with Gasteiger partial charge < -0.3 is 0 Å². The molecule has 0 heterocycles. The van der Waals surface area contributed by atoms with Gasteiger partial charge in [0.2, 0.25) is 0 Å². The van der Waals surface area contributed by atoms with Crippen molar-refractivity contribution in [1.82, 2.24) is 9.44 Å². The Hall–Kier alpha value is -0.640. The largest absolute Gasteiger partial charge is 0.276 e. The van der Waals surface area contributed by atoms with Crippen molar-refractivity contribution in [1.29, 1.82) is 5.26 Å². The van der Waals surface area contributed by atoms with Gasteiger partial charge in [-0.15, -0.1) is 0 Å². The van der Waals surface area contributed by atoms with E-state index in [4.69, 9.17) is 5.26 Å². The molecule has 0 unspecified atom stereocenters. The first-order chi connectivity index (χ1) is 6.68. The van der Waals surface area contributed by atoms with E-state index in [1.165, 1.54) is 0 Å². The van der Waals surface area contributed by atoms with Gasteiger partial charge in [-0.2, -0.15) is 13.7 Å². The quantitative estimate of drug-likeness (QED) is 0.705. The van der Waals surface area contributed by atoms with E-state index in [-0.39, 0.29) is 12.5 Å². The lowest BCUT2D eigenvalue weighted by Gasteiger charge is -2.16. The molecule has 0 aromatic carbocycles. The van der Waals surface area contributed by atoms with Crippen molar-refractivity contribution < 1.29 is 8.42 Å².